The van der Waals surface area contributed by atoms with Crippen molar-refractivity contribution in [3.8, 4) is 0 Å². The van der Waals surface area contributed by atoms with Gasteiger partial charge in [-0.1, -0.05) is 26.7 Å². The molecular formula is C20H40N6O5. The lowest BCUT2D eigenvalue weighted by Gasteiger charge is -2.27. The smallest absolute Gasteiger partial charge is 0.322 e. The van der Waals surface area contributed by atoms with Gasteiger partial charge in [0.2, 0.25) is 17.7 Å². The van der Waals surface area contributed by atoms with Crippen LogP contribution in [0.25, 0.3) is 0 Å². The van der Waals surface area contributed by atoms with E-state index in [4.69, 9.17) is 22.3 Å². The van der Waals surface area contributed by atoms with E-state index >= 15 is 0 Å². The van der Waals surface area contributed by atoms with Crippen LogP contribution in [0.3, 0.4) is 0 Å². The summed E-state index contributed by atoms with van der Waals surface area (Å²) in [5.41, 5.74) is 16.9. The van der Waals surface area contributed by atoms with Crippen LogP contribution in [0.2, 0.25) is 0 Å². The largest absolute Gasteiger partial charge is 0.480 e. The van der Waals surface area contributed by atoms with Gasteiger partial charge in [-0.05, 0) is 51.1 Å². The van der Waals surface area contributed by atoms with Gasteiger partial charge in [0.15, 0.2) is 0 Å². The molecule has 11 nitrogen and oxygen atoms in total. The second-order valence-corrected chi connectivity index (χ2v) is 7.72. The molecule has 4 unspecified atom stereocenters. The number of carbonyl (C=O) groups excluding carboxylic acids is 3. The lowest BCUT2D eigenvalue weighted by molar-refractivity contribution is -0.138. The molecule has 0 bridgehead atoms. The Morgan fingerprint density at radius 1 is 0.871 bits per heavy atom. The molecule has 0 aromatic carbocycles. The first kappa shape index (κ1) is 28.8. The van der Waals surface area contributed by atoms with Gasteiger partial charge in [-0.2, -0.15) is 0 Å². The molecule has 0 saturated heterocycles. The van der Waals surface area contributed by atoms with Gasteiger partial charge in [-0.15, -0.1) is 0 Å². The standard InChI is InChI=1S/C20H40N6O5/c1-3-13(2)17(26-18(29)14(23)8-4-6-10-21)20(31)25-15(9-5-7-11-22)19(30)24-12-16(27)28/h13-15,17H,3-12,21-23H2,1-2H3,(H,24,30)(H,25,31)(H,26,29)(H,27,28). The molecular weight excluding hydrogens is 404 g/mol. The van der Waals surface area contributed by atoms with E-state index in [0.717, 1.165) is 6.42 Å². The summed E-state index contributed by atoms with van der Waals surface area (Å²) in [6, 6.07) is -2.56. The number of nitrogens with one attached hydrogen (secondary N) is 3. The van der Waals surface area contributed by atoms with Crippen molar-refractivity contribution >= 4 is 23.7 Å². The van der Waals surface area contributed by atoms with Gasteiger partial charge in [0.25, 0.3) is 0 Å². The van der Waals surface area contributed by atoms with Gasteiger partial charge in [0, 0.05) is 0 Å². The number of aliphatic carboxylic acids is 1. The van der Waals surface area contributed by atoms with Gasteiger partial charge in [-0.3, -0.25) is 19.2 Å². The van der Waals surface area contributed by atoms with Crippen LogP contribution in [-0.2, 0) is 19.2 Å². The molecule has 31 heavy (non-hydrogen) atoms. The quantitative estimate of drug-likeness (QED) is 0.135. The van der Waals surface area contributed by atoms with Crippen LogP contribution in [0.4, 0.5) is 0 Å². The predicted molar refractivity (Wildman–Crippen MR) is 118 cm³/mol. The van der Waals surface area contributed by atoms with E-state index in [1.165, 1.54) is 0 Å². The summed E-state index contributed by atoms with van der Waals surface area (Å²) in [7, 11) is 0. The van der Waals surface area contributed by atoms with Crippen LogP contribution in [0.15, 0.2) is 0 Å². The third-order valence-corrected chi connectivity index (χ3v) is 5.09. The van der Waals surface area contributed by atoms with Gasteiger partial charge >= 0.3 is 5.97 Å². The number of hydrogen-bond donors (Lipinski definition) is 7. The van der Waals surface area contributed by atoms with Crippen molar-refractivity contribution in [3.63, 3.8) is 0 Å². The zero-order chi connectivity index (χ0) is 23.8. The molecule has 4 atom stereocenters. The number of hydrogen-bond acceptors (Lipinski definition) is 7. The highest BCUT2D eigenvalue weighted by Crippen LogP contribution is 2.11. The van der Waals surface area contributed by atoms with Crippen LogP contribution >= 0.6 is 0 Å². The molecule has 0 aliphatic carbocycles. The Labute approximate surface area is 184 Å². The molecule has 0 aliphatic rings. The molecule has 0 aromatic heterocycles. The van der Waals surface area contributed by atoms with Crippen LogP contribution in [0, 0.1) is 5.92 Å². The van der Waals surface area contributed by atoms with E-state index in [2.05, 4.69) is 16.0 Å². The zero-order valence-electron chi connectivity index (χ0n) is 18.7. The number of carboxylic acids is 1. The van der Waals surface area contributed by atoms with Crippen LogP contribution in [0.5, 0.6) is 0 Å². The third-order valence-electron chi connectivity index (χ3n) is 5.09. The maximum absolute atomic E-state index is 12.9. The molecule has 0 saturated carbocycles. The fourth-order valence-corrected chi connectivity index (χ4v) is 2.91. The Balaban J connectivity index is 5.19. The summed E-state index contributed by atoms with van der Waals surface area (Å²) in [5.74, 6) is -2.94. The molecule has 0 fully saturated rings. The monoisotopic (exact) mass is 444 g/mol. The molecule has 180 valence electrons. The zero-order valence-corrected chi connectivity index (χ0v) is 18.7. The number of carbonyl (C=O) groups is 4. The van der Waals surface area contributed by atoms with E-state index in [0.29, 0.717) is 51.6 Å². The first-order valence-corrected chi connectivity index (χ1v) is 10.9. The SMILES string of the molecule is CCC(C)C(NC(=O)C(N)CCCCN)C(=O)NC(CCCCN)C(=O)NCC(=O)O. The number of nitrogens with two attached hydrogens (primary N) is 3. The average molecular weight is 445 g/mol. The van der Waals surface area contributed by atoms with Crippen molar-refractivity contribution < 1.29 is 24.3 Å². The minimum absolute atomic E-state index is 0.202. The molecule has 0 heterocycles. The summed E-state index contributed by atoms with van der Waals surface area (Å²) in [6.45, 7) is 4.10. The van der Waals surface area contributed by atoms with Crippen LogP contribution < -0.4 is 33.2 Å². The minimum atomic E-state index is -1.19. The lowest BCUT2D eigenvalue weighted by Crippen LogP contribution is -2.57. The summed E-state index contributed by atoms with van der Waals surface area (Å²) >= 11 is 0. The third kappa shape index (κ3) is 12.3. The summed E-state index contributed by atoms with van der Waals surface area (Å²) < 4.78 is 0. The topological polar surface area (TPSA) is 203 Å². The lowest BCUT2D eigenvalue weighted by atomic mass is 9.96. The Morgan fingerprint density at radius 2 is 1.45 bits per heavy atom. The summed E-state index contributed by atoms with van der Waals surface area (Å²) in [6.07, 6.45) is 4.07. The average Bonchev–Trinajstić information content (AvgIpc) is 2.74. The van der Waals surface area contributed by atoms with Crippen molar-refractivity contribution in [2.45, 2.75) is 76.9 Å². The number of amides is 3. The molecule has 0 spiro atoms. The Morgan fingerprint density at radius 3 is 1.97 bits per heavy atom. The molecule has 0 aromatic rings. The Hall–Kier alpha value is -2.24. The molecule has 10 N–H and O–H groups in total. The maximum Gasteiger partial charge on any atom is 0.322 e. The second-order valence-electron chi connectivity index (χ2n) is 7.72. The van der Waals surface area contributed by atoms with Gasteiger partial charge < -0.3 is 38.3 Å². The second kappa shape index (κ2) is 16.5. The molecule has 0 rings (SSSR count). The minimum Gasteiger partial charge on any atom is -0.480 e. The molecule has 11 heteroatoms. The van der Waals surface area contributed by atoms with Crippen molar-refractivity contribution in [1.82, 2.24) is 16.0 Å². The van der Waals surface area contributed by atoms with Crippen molar-refractivity contribution in [2.24, 2.45) is 23.1 Å². The predicted octanol–water partition coefficient (Wildman–Crippen LogP) is -1.21. The fourth-order valence-electron chi connectivity index (χ4n) is 2.91. The highest BCUT2D eigenvalue weighted by molar-refractivity contribution is 5.93. The highest BCUT2D eigenvalue weighted by Gasteiger charge is 2.30. The number of rotatable bonds is 17. The number of carboxylic acid groups (broad SMARTS) is 1. The van der Waals surface area contributed by atoms with Crippen molar-refractivity contribution in [1.29, 1.82) is 0 Å². The fraction of sp³-hybridized carbons (Fsp3) is 0.800. The van der Waals surface area contributed by atoms with Gasteiger partial charge in [0.1, 0.15) is 18.6 Å². The van der Waals surface area contributed by atoms with E-state index in [-0.39, 0.29) is 5.92 Å². The Bertz CT molecular complexity index is 574. The molecule has 0 aliphatic heterocycles. The first-order chi connectivity index (χ1) is 14.7. The molecule has 3 amide bonds. The number of unbranched alkanes of at least 4 members (excludes halogenated alkanes) is 2. The summed E-state index contributed by atoms with van der Waals surface area (Å²) in [5, 5.41) is 16.4. The van der Waals surface area contributed by atoms with Crippen LogP contribution in [-0.4, -0.2) is 66.6 Å². The maximum atomic E-state index is 12.9. The molecule has 0 radical (unpaired) electrons. The normalized spacial score (nSPS) is 14.7. The van der Waals surface area contributed by atoms with E-state index in [1.807, 2.05) is 13.8 Å². The summed E-state index contributed by atoms with van der Waals surface area (Å²) in [4.78, 5) is 48.5. The van der Waals surface area contributed by atoms with E-state index in [1.54, 1.807) is 0 Å². The van der Waals surface area contributed by atoms with E-state index < -0.39 is 48.4 Å². The van der Waals surface area contributed by atoms with Gasteiger partial charge in [0.05, 0.1) is 6.04 Å². The van der Waals surface area contributed by atoms with Crippen molar-refractivity contribution in [3.05, 3.63) is 0 Å². The highest BCUT2D eigenvalue weighted by atomic mass is 16.4. The van der Waals surface area contributed by atoms with Crippen LogP contribution in [0.1, 0.15) is 58.8 Å². The Kier molecular flexibility index (Phi) is 15.3. The first-order valence-electron chi connectivity index (χ1n) is 10.9. The van der Waals surface area contributed by atoms with Crippen molar-refractivity contribution in [2.75, 3.05) is 19.6 Å². The van der Waals surface area contributed by atoms with E-state index in [9.17, 15) is 19.2 Å². The van der Waals surface area contributed by atoms with Gasteiger partial charge in [-0.25, -0.2) is 0 Å².